The Morgan fingerprint density at radius 1 is 1.22 bits per heavy atom. The van der Waals surface area contributed by atoms with Crippen LogP contribution in [0.3, 0.4) is 0 Å². The van der Waals surface area contributed by atoms with E-state index in [0.29, 0.717) is 6.42 Å². The fraction of sp³-hybridized carbons (Fsp3) is 0.150. The Bertz CT molecular complexity index is 976. The number of furan rings is 1. The summed E-state index contributed by atoms with van der Waals surface area (Å²) >= 11 is 1.59. The van der Waals surface area contributed by atoms with Gasteiger partial charge < -0.3 is 9.73 Å². The summed E-state index contributed by atoms with van der Waals surface area (Å²) in [6, 6.07) is 12.6. The van der Waals surface area contributed by atoms with Crippen LogP contribution in [0.5, 0.6) is 0 Å². The molecule has 2 aromatic heterocycles. The Morgan fingerprint density at radius 2 is 2.04 bits per heavy atom. The second-order valence-electron chi connectivity index (χ2n) is 6.21. The Balaban J connectivity index is 1.64. The number of hydrogen-bond donors (Lipinski definition) is 1. The summed E-state index contributed by atoms with van der Waals surface area (Å²) in [4.78, 5) is 24.0. The van der Waals surface area contributed by atoms with Crippen molar-refractivity contribution in [3.63, 3.8) is 0 Å². The van der Waals surface area contributed by atoms with Gasteiger partial charge in [0.1, 0.15) is 0 Å². The number of hydrogen-bond acceptors (Lipinski definition) is 5. The number of rotatable bonds is 4. The monoisotopic (exact) mass is 379 g/mol. The largest absolute Gasteiger partial charge is 0.459 e. The molecule has 0 aliphatic carbocycles. The second-order valence-corrected chi connectivity index (χ2v) is 6.99. The van der Waals surface area contributed by atoms with Gasteiger partial charge in [0.05, 0.1) is 18.0 Å². The molecule has 1 aliphatic heterocycles. The zero-order chi connectivity index (χ0) is 18.8. The normalized spacial score (nSPS) is 16.3. The molecule has 1 aromatic carbocycles. The van der Waals surface area contributed by atoms with Gasteiger partial charge in [-0.05, 0) is 52.2 Å². The van der Waals surface area contributed by atoms with Gasteiger partial charge in [-0.3, -0.25) is 9.59 Å². The van der Waals surface area contributed by atoms with Crippen LogP contribution in [0.1, 0.15) is 41.1 Å². The van der Waals surface area contributed by atoms with E-state index in [9.17, 15) is 9.59 Å². The Labute approximate surface area is 160 Å². The number of amides is 2. The van der Waals surface area contributed by atoms with E-state index in [1.165, 1.54) is 18.2 Å². The van der Waals surface area contributed by atoms with Crippen molar-refractivity contribution in [1.82, 2.24) is 5.01 Å². The highest BCUT2D eigenvalue weighted by atomic mass is 32.1. The van der Waals surface area contributed by atoms with E-state index in [1.54, 1.807) is 23.5 Å². The highest BCUT2D eigenvalue weighted by Crippen LogP contribution is 2.35. The number of anilines is 1. The average molecular weight is 379 g/mol. The van der Waals surface area contributed by atoms with Crippen LogP contribution in [0.25, 0.3) is 0 Å². The maximum absolute atomic E-state index is 12.8. The first-order chi connectivity index (χ1) is 13.1. The fourth-order valence-corrected chi connectivity index (χ4v) is 3.77. The SMILES string of the molecule is CC(=O)Nc1ccc(C2=NN(C(=O)c3ccco3)C(c3ccsc3)C2)cc1. The molecular weight excluding hydrogens is 362 g/mol. The molecule has 4 rings (SSSR count). The molecule has 0 spiro atoms. The van der Waals surface area contributed by atoms with Crippen LogP contribution >= 0.6 is 11.3 Å². The third-order valence-electron chi connectivity index (χ3n) is 4.32. The predicted octanol–water partition coefficient (Wildman–Crippen LogP) is 4.29. The molecule has 7 heteroatoms. The minimum absolute atomic E-state index is 0.117. The van der Waals surface area contributed by atoms with E-state index < -0.39 is 0 Å². The van der Waals surface area contributed by atoms with Gasteiger partial charge in [-0.1, -0.05) is 12.1 Å². The summed E-state index contributed by atoms with van der Waals surface area (Å²) in [5.41, 5.74) is 3.51. The van der Waals surface area contributed by atoms with E-state index in [-0.39, 0.29) is 23.6 Å². The maximum Gasteiger partial charge on any atom is 0.310 e. The van der Waals surface area contributed by atoms with Gasteiger partial charge in [-0.2, -0.15) is 16.4 Å². The first kappa shape index (κ1) is 17.2. The molecule has 27 heavy (non-hydrogen) atoms. The van der Waals surface area contributed by atoms with Crippen molar-refractivity contribution in [3.8, 4) is 0 Å². The zero-order valence-corrected chi connectivity index (χ0v) is 15.4. The molecule has 0 saturated carbocycles. The molecule has 136 valence electrons. The second kappa shape index (κ2) is 7.20. The molecule has 3 aromatic rings. The Kier molecular flexibility index (Phi) is 4.60. The van der Waals surface area contributed by atoms with Gasteiger partial charge in [0.25, 0.3) is 0 Å². The molecule has 1 atom stereocenters. The average Bonchev–Trinajstić information content (AvgIpc) is 3.41. The summed E-state index contributed by atoms with van der Waals surface area (Å²) in [6.07, 6.45) is 2.09. The number of thiophene rings is 1. The van der Waals surface area contributed by atoms with Crippen LogP contribution in [0, 0.1) is 0 Å². The first-order valence-corrected chi connectivity index (χ1v) is 9.41. The summed E-state index contributed by atoms with van der Waals surface area (Å²) in [5.74, 6) is -0.115. The van der Waals surface area contributed by atoms with Crippen LogP contribution < -0.4 is 5.32 Å². The molecule has 1 aliphatic rings. The van der Waals surface area contributed by atoms with Crippen LogP contribution in [0.15, 0.2) is 69.0 Å². The quantitative estimate of drug-likeness (QED) is 0.735. The molecule has 6 nitrogen and oxygen atoms in total. The maximum atomic E-state index is 12.8. The number of carbonyl (C=O) groups is 2. The molecular formula is C20H17N3O3S. The van der Waals surface area contributed by atoms with E-state index in [1.807, 2.05) is 41.1 Å². The lowest BCUT2D eigenvalue weighted by Gasteiger charge is -2.19. The van der Waals surface area contributed by atoms with Gasteiger partial charge in [-0.25, -0.2) is 5.01 Å². The summed E-state index contributed by atoms with van der Waals surface area (Å²) in [7, 11) is 0. The number of hydrazone groups is 1. The zero-order valence-electron chi connectivity index (χ0n) is 14.6. The molecule has 0 bridgehead atoms. The van der Waals surface area contributed by atoms with E-state index in [2.05, 4.69) is 10.4 Å². The van der Waals surface area contributed by atoms with Crippen molar-refractivity contribution in [2.75, 3.05) is 5.32 Å². The Hall–Kier alpha value is -3.19. The van der Waals surface area contributed by atoms with Crippen molar-refractivity contribution in [1.29, 1.82) is 0 Å². The van der Waals surface area contributed by atoms with Gasteiger partial charge in [0.15, 0.2) is 5.76 Å². The van der Waals surface area contributed by atoms with Gasteiger partial charge in [-0.15, -0.1) is 0 Å². The highest BCUT2D eigenvalue weighted by Gasteiger charge is 2.34. The molecule has 0 radical (unpaired) electrons. The van der Waals surface area contributed by atoms with Crippen LogP contribution in [0.4, 0.5) is 5.69 Å². The summed E-state index contributed by atoms with van der Waals surface area (Å²) < 4.78 is 5.27. The van der Waals surface area contributed by atoms with Gasteiger partial charge in [0.2, 0.25) is 5.91 Å². The Morgan fingerprint density at radius 3 is 2.67 bits per heavy atom. The first-order valence-electron chi connectivity index (χ1n) is 8.46. The molecule has 0 fully saturated rings. The number of benzene rings is 1. The van der Waals surface area contributed by atoms with Gasteiger partial charge in [0, 0.05) is 19.0 Å². The van der Waals surface area contributed by atoms with E-state index >= 15 is 0 Å². The molecule has 0 saturated heterocycles. The number of nitrogens with one attached hydrogen (secondary N) is 1. The number of carbonyl (C=O) groups excluding carboxylic acids is 2. The lowest BCUT2D eigenvalue weighted by Crippen LogP contribution is -2.26. The van der Waals surface area contributed by atoms with Crippen molar-refractivity contribution >= 4 is 34.6 Å². The third-order valence-corrected chi connectivity index (χ3v) is 5.02. The van der Waals surface area contributed by atoms with Crippen molar-refractivity contribution in [2.45, 2.75) is 19.4 Å². The van der Waals surface area contributed by atoms with E-state index in [0.717, 1.165) is 22.5 Å². The standard InChI is InChI=1S/C20H17N3O3S/c1-13(24)21-16-6-4-14(5-7-16)17-11-18(15-8-10-27-12-15)23(22-17)20(25)19-3-2-9-26-19/h2-10,12,18H,11H2,1H3,(H,21,24). The van der Waals surface area contributed by atoms with Crippen molar-refractivity contribution in [2.24, 2.45) is 5.10 Å². The van der Waals surface area contributed by atoms with Gasteiger partial charge >= 0.3 is 5.91 Å². The fourth-order valence-electron chi connectivity index (χ4n) is 3.06. The minimum Gasteiger partial charge on any atom is -0.459 e. The number of nitrogens with zero attached hydrogens (tertiary/aromatic N) is 2. The lowest BCUT2D eigenvalue weighted by atomic mass is 10.00. The molecule has 3 heterocycles. The smallest absolute Gasteiger partial charge is 0.310 e. The van der Waals surface area contributed by atoms with Crippen molar-refractivity contribution in [3.05, 3.63) is 76.4 Å². The molecule has 1 unspecified atom stereocenters. The van der Waals surface area contributed by atoms with E-state index in [4.69, 9.17) is 4.42 Å². The highest BCUT2D eigenvalue weighted by molar-refractivity contribution is 7.08. The predicted molar refractivity (Wildman–Crippen MR) is 104 cm³/mol. The molecule has 1 N–H and O–H groups in total. The summed E-state index contributed by atoms with van der Waals surface area (Å²) in [6.45, 7) is 1.47. The lowest BCUT2D eigenvalue weighted by molar-refractivity contribution is -0.114. The topological polar surface area (TPSA) is 74.9 Å². The summed E-state index contributed by atoms with van der Waals surface area (Å²) in [5, 5.41) is 12.9. The minimum atomic E-state index is -0.263. The van der Waals surface area contributed by atoms with Crippen LogP contribution in [-0.4, -0.2) is 22.5 Å². The van der Waals surface area contributed by atoms with Crippen LogP contribution in [0.2, 0.25) is 0 Å². The molecule has 2 amide bonds. The third kappa shape index (κ3) is 3.54. The van der Waals surface area contributed by atoms with Crippen LogP contribution in [-0.2, 0) is 4.79 Å². The van der Waals surface area contributed by atoms with Crippen molar-refractivity contribution < 1.29 is 14.0 Å².